The lowest BCUT2D eigenvalue weighted by atomic mass is 10.0. The molecule has 0 saturated carbocycles. The van der Waals surface area contributed by atoms with Crippen molar-refractivity contribution in [1.82, 2.24) is 9.88 Å². The summed E-state index contributed by atoms with van der Waals surface area (Å²) >= 11 is 0. The van der Waals surface area contributed by atoms with Gasteiger partial charge in [-0.05, 0) is 37.1 Å². The highest BCUT2D eigenvalue weighted by Crippen LogP contribution is 2.32. The van der Waals surface area contributed by atoms with Crippen LogP contribution in [0.3, 0.4) is 0 Å². The Labute approximate surface area is 129 Å². The van der Waals surface area contributed by atoms with Gasteiger partial charge in [0.25, 0.3) is 0 Å². The minimum atomic E-state index is 0.0458. The van der Waals surface area contributed by atoms with Gasteiger partial charge in [-0.25, -0.2) is 0 Å². The van der Waals surface area contributed by atoms with Gasteiger partial charge < -0.3 is 13.9 Å². The van der Waals surface area contributed by atoms with E-state index in [1.807, 2.05) is 24.3 Å². The number of ether oxygens (including phenoxy) is 2. The Morgan fingerprint density at radius 3 is 3.14 bits per heavy atom. The highest BCUT2D eigenvalue weighted by molar-refractivity contribution is 5.17. The minimum Gasteiger partial charge on any atom is -0.485 e. The first-order valence-corrected chi connectivity index (χ1v) is 7.85. The molecule has 116 valence electrons. The second-order valence-corrected chi connectivity index (χ2v) is 5.90. The molecule has 0 spiro atoms. The van der Waals surface area contributed by atoms with E-state index in [4.69, 9.17) is 13.9 Å². The number of furan rings is 1. The third-order valence-electron chi connectivity index (χ3n) is 4.44. The number of pyridine rings is 1. The summed E-state index contributed by atoms with van der Waals surface area (Å²) in [5.74, 6) is 1.80. The third kappa shape index (κ3) is 2.74. The fraction of sp³-hybridized carbons (Fsp3) is 0.471. The number of rotatable bonds is 4. The van der Waals surface area contributed by atoms with E-state index in [1.54, 1.807) is 18.7 Å². The van der Waals surface area contributed by atoms with Crippen LogP contribution in [0.15, 0.2) is 47.3 Å². The maximum absolute atomic E-state index is 6.13. The largest absolute Gasteiger partial charge is 0.485 e. The summed E-state index contributed by atoms with van der Waals surface area (Å²) in [5.41, 5.74) is 0. The maximum Gasteiger partial charge on any atom is 0.139 e. The van der Waals surface area contributed by atoms with E-state index in [2.05, 4.69) is 9.88 Å². The molecule has 0 aliphatic carbocycles. The van der Waals surface area contributed by atoms with Gasteiger partial charge in [-0.3, -0.25) is 9.88 Å². The van der Waals surface area contributed by atoms with Gasteiger partial charge in [0.1, 0.15) is 23.7 Å². The van der Waals surface area contributed by atoms with Gasteiger partial charge in [-0.15, -0.1) is 0 Å². The molecule has 2 aliphatic heterocycles. The summed E-state index contributed by atoms with van der Waals surface area (Å²) < 4.78 is 17.6. The molecule has 2 saturated heterocycles. The Morgan fingerprint density at radius 2 is 2.32 bits per heavy atom. The molecule has 2 aliphatic rings. The van der Waals surface area contributed by atoms with Crippen LogP contribution in [0.2, 0.25) is 0 Å². The molecule has 5 heteroatoms. The van der Waals surface area contributed by atoms with Gasteiger partial charge in [0.05, 0.1) is 19.0 Å². The summed E-state index contributed by atoms with van der Waals surface area (Å²) in [7, 11) is 0. The van der Waals surface area contributed by atoms with E-state index in [1.165, 1.54) is 0 Å². The third-order valence-corrected chi connectivity index (χ3v) is 4.44. The van der Waals surface area contributed by atoms with Gasteiger partial charge in [0, 0.05) is 25.4 Å². The number of fused-ring (bicyclic) bond motifs is 1. The van der Waals surface area contributed by atoms with E-state index >= 15 is 0 Å². The fourth-order valence-corrected chi connectivity index (χ4v) is 3.48. The summed E-state index contributed by atoms with van der Waals surface area (Å²) in [6.45, 7) is 2.48. The molecule has 0 amide bonds. The molecule has 4 heterocycles. The van der Waals surface area contributed by atoms with Gasteiger partial charge in [0.2, 0.25) is 0 Å². The van der Waals surface area contributed by atoms with Crippen LogP contribution in [0.4, 0.5) is 0 Å². The summed E-state index contributed by atoms with van der Waals surface area (Å²) in [5, 5.41) is 0. The SMILES string of the molecule is c1cncc(O[C@H]2CN(Cc3ccco3)[C@@H]3CCCO[C@H]23)c1. The first-order valence-electron chi connectivity index (χ1n) is 7.85. The summed E-state index contributed by atoms with van der Waals surface area (Å²) in [6.07, 6.45) is 7.67. The lowest BCUT2D eigenvalue weighted by molar-refractivity contribution is -0.0475. The van der Waals surface area contributed by atoms with Crippen molar-refractivity contribution in [2.24, 2.45) is 0 Å². The van der Waals surface area contributed by atoms with Crippen LogP contribution in [-0.2, 0) is 11.3 Å². The molecular formula is C17H20N2O3. The van der Waals surface area contributed by atoms with E-state index in [0.717, 1.165) is 44.0 Å². The van der Waals surface area contributed by atoms with Gasteiger partial charge in [-0.2, -0.15) is 0 Å². The van der Waals surface area contributed by atoms with Crippen molar-refractivity contribution in [3.8, 4) is 5.75 Å². The molecular weight excluding hydrogens is 280 g/mol. The molecule has 0 aromatic carbocycles. The van der Waals surface area contributed by atoms with Crippen LogP contribution < -0.4 is 4.74 Å². The van der Waals surface area contributed by atoms with Gasteiger partial charge in [0.15, 0.2) is 0 Å². The Balaban J connectivity index is 1.50. The average Bonchev–Trinajstić information content (AvgIpc) is 3.18. The number of aromatic nitrogens is 1. The van der Waals surface area contributed by atoms with Crippen LogP contribution in [0.1, 0.15) is 18.6 Å². The lowest BCUT2D eigenvalue weighted by Gasteiger charge is -2.31. The van der Waals surface area contributed by atoms with Crippen molar-refractivity contribution < 1.29 is 13.9 Å². The Bertz CT molecular complexity index is 587. The van der Waals surface area contributed by atoms with Crippen molar-refractivity contribution in [3.05, 3.63) is 48.7 Å². The second-order valence-electron chi connectivity index (χ2n) is 5.90. The number of hydrogen-bond donors (Lipinski definition) is 0. The molecule has 4 rings (SSSR count). The first-order chi connectivity index (χ1) is 10.9. The molecule has 3 atom stereocenters. The minimum absolute atomic E-state index is 0.0458. The van der Waals surface area contributed by atoms with Crippen molar-refractivity contribution in [2.75, 3.05) is 13.2 Å². The molecule has 2 aromatic rings. The smallest absolute Gasteiger partial charge is 0.139 e. The van der Waals surface area contributed by atoms with Gasteiger partial charge in [-0.1, -0.05) is 0 Å². The Kier molecular flexibility index (Phi) is 3.83. The molecule has 0 bridgehead atoms. The van der Waals surface area contributed by atoms with Crippen LogP contribution in [0, 0.1) is 0 Å². The number of hydrogen-bond acceptors (Lipinski definition) is 5. The van der Waals surface area contributed by atoms with Crippen molar-refractivity contribution in [3.63, 3.8) is 0 Å². The average molecular weight is 300 g/mol. The number of nitrogens with zero attached hydrogens (tertiary/aromatic N) is 2. The molecule has 22 heavy (non-hydrogen) atoms. The van der Waals surface area contributed by atoms with E-state index in [-0.39, 0.29) is 12.2 Å². The van der Waals surface area contributed by atoms with Gasteiger partial charge >= 0.3 is 0 Å². The zero-order valence-corrected chi connectivity index (χ0v) is 12.4. The number of likely N-dealkylation sites (tertiary alicyclic amines) is 1. The van der Waals surface area contributed by atoms with Crippen LogP contribution in [0.5, 0.6) is 5.75 Å². The lowest BCUT2D eigenvalue weighted by Crippen LogP contribution is -2.42. The molecule has 2 fully saturated rings. The topological polar surface area (TPSA) is 47.7 Å². The first kappa shape index (κ1) is 13.8. The molecule has 2 aromatic heterocycles. The normalized spacial score (nSPS) is 28.5. The van der Waals surface area contributed by atoms with Crippen molar-refractivity contribution in [1.29, 1.82) is 0 Å². The monoisotopic (exact) mass is 300 g/mol. The highest BCUT2D eigenvalue weighted by Gasteiger charge is 2.45. The highest BCUT2D eigenvalue weighted by atomic mass is 16.5. The zero-order valence-electron chi connectivity index (χ0n) is 12.4. The molecule has 0 radical (unpaired) electrons. The molecule has 0 N–H and O–H groups in total. The standard InChI is InChI=1S/C17H20N2O3/c1-4-13(10-18-7-1)22-16-12-19(11-14-5-2-8-20-14)15-6-3-9-21-17(15)16/h1-2,4-5,7-8,10,15-17H,3,6,9,11-12H2/t15-,16+,17+/m1/s1. The summed E-state index contributed by atoms with van der Waals surface area (Å²) in [4.78, 5) is 6.54. The molecule has 0 unspecified atom stereocenters. The maximum atomic E-state index is 6.13. The van der Waals surface area contributed by atoms with Crippen molar-refractivity contribution >= 4 is 0 Å². The zero-order chi connectivity index (χ0) is 14.8. The van der Waals surface area contributed by atoms with Crippen LogP contribution in [-0.4, -0.2) is 41.3 Å². The fourth-order valence-electron chi connectivity index (χ4n) is 3.48. The summed E-state index contributed by atoms with van der Waals surface area (Å²) in [6, 6.07) is 8.20. The predicted octanol–water partition coefficient (Wildman–Crippen LogP) is 2.49. The Morgan fingerprint density at radius 1 is 1.32 bits per heavy atom. The van der Waals surface area contributed by atoms with E-state index in [9.17, 15) is 0 Å². The predicted molar refractivity (Wildman–Crippen MR) is 80.5 cm³/mol. The van der Waals surface area contributed by atoms with Crippen LogP contribution in [0.25, 0.3) is 0 Å². The Hall–Kier alpha value is -1.85. The quantitative estimate of drug-likeness (QED) is 0.868. The van der Waals surface area contributed by atoms with E-state index in [0.29, 0.717) is 6.04 Å². The molecule has 5 nitrogen and oxygen atoms in total. The van der Waals surface area contributed by atoms with E-state index < -0.39 is 0 Å². The second kappa shape index (κ2) is 6.10. The van der Waals surface area contributed by atoms with Crippen molar-refractivity contribution in [2.45, 2.75) is 37.6 Å². The van der Waals surface area contributed by atoms with Crippen LogP contribution >= 0.6 is 0 Å².